The van der Waals surface area contributed by atoms with E-state index in [4.69, 9.17) is 14.7 Å². The monoisotopic (exact) mass is 451 g/mol. The van der Waals surface area contributed by atoms with E-state index >= 15 is 0 Å². The number of epoxide rings is 1. The van der Waals surface area contributed by atoms with Crippen LogP contribution in [0.2, 0.25) is 0 Å². The van der Waals surface area contributed by atoms with Crippen molar-refractivity contribution in [2.75, 3.05) is 6.61 Å². The summed E-state index contributed by atoms with van der Waals surface area (Å²) in [7, 11) is 0. The number of nitrogens with zero attached hydrogens (tertiary/aromatic N) is 3. The molecule has 2 unspecified atom stereocenters. The van der Waals surface area contributed by atoms with Gasteiger partial charge in [-0.05, 0) is 85.8 Å². The molecule has 3 aromatic rings. The van der Waals surface area contributed by atoms with Crippen LogP contribution in [-0.2, 0) is 16.6 Å². The fourth-order valence-electron chi connectivity index (χ4n) is 5.40. The summed E-state index contributed by atoms with van der Waals surface area (Å²) in [6, 6.07) is 12.2. The number of hydrogen-bond acceptors (Lipinski definition) is 5. The van der Waals surface area contributed by atoms with E-state index in [1.807, 2.05) is 43.6 Å². The summed E-state index contributed by atoms with van der Waals surface area (Å²) in [5.41, 5.74) is 6.38. The lowest BCUT2D eigenvalue weighted by atomic mass is 9.73. The molecule has 5 nitrogen and oxygen atoms in total. The number of carbonyl (C=O) groups excluding carboxylic acids is 1. The first-order valence-electron chi connectivity index (χ1n) is 12.3. The molecule has 2 aromatic heterocycles. The van der Waals surface area contributed by atoms with E-state index in [9.17, 15) is 4.79 Å². The van der Waals surface area contributed by atoms with Gasteiger partial charge in [-0.3, -0.25) is 9.78 Å². The topological polar surface area (TPSA) is 68.3 Å². The summed E-state index contributed by atoms with van der Waals surface area (Å²) in [4.78, 5) is 27.0. The summed E-state index contributed by atoms with van der Waals surface area (Å²) in [5.74, 6) is 1.29. The number of ether oxygens (including phenoxy) is 1. The highest BCUT2D eigenvalue weighted by molar-refractivity contribution is 6.08. The normalized spacial score (nSPS) is 22.3. The van der Waals surface area contributed by atoms with Gasteiger partial charge in [0.15, 0.2) is 5.78 Å². The number of carbonyl (C=O) groups is 1. The second kappa shape index (κ2) is 8.55. The van der Waals surface area contributed by atoms with Gasteiger partial charge in [-0.15, -0.1) is 0 Å². The van der Waals surface area contributed by atoms with Crippen LogP contribution in [0, 0.1) is 0 Å². The Morgan fingerprint density at radius 3 is 2.68 bits per heavy atom. The first kappa shape index (κ1) is 21.4. The second-order valence-corrected chi connectivity index (χ2v) is 10.1. The maximum absolute atomic E-state index is 13.1. The van der Waals surface area contributed by atoms with Gasteiger partial charge in [0, 0.05) is 35.6 Å². The molecule has 1 saturated carbocycles. The van der Waals surface area contributed by atoms with Crippen molar-refractivity contribution in [2.24, 2.45) is 0 Å². The quantitative estimate of drug-likeness (QED) is 0.265. The van der Waals surface area contributed by atoms with E-state index in [1.54, 1.807) is 6.20 Å². The lowest BCUT2D eigenvalue weighted by molar-refractivity contribution is 0.103. The summed E-state index contributed by atoms with van der Waals surface area (Å²) < 4.78 is 5.27. The molecular weight excluding hydrogens is 422 g/mol. The molecule has 172 valence electrons. The van der Waals surface area contributed by atoms with Crippen molar-refractivity contribution >= 4 is 5.78 Å². The maximum atomic E-state index is 13.1. The van der Waals surface area contributed by atoms with Crippen molar-refractivity contribution in [1.82, 2.24) is 15.0 Å². The van der Waals surface area contributed by atoms with Gasteiger partial charge in [-0.25, -0.2) is 9.97 Å². The van der Waals surface area contributed by atoms with Gasteiger partial charge >= 0.3 is 0 Å². The summed E-state index contributed by atoms with van der Waals surface area (Å²) in [5, 5.41) is 0. The van der Waals surface area contributed by atoms with Crippen molar-refractivity contribution in [1.29, 1.82) is 0 Å². The molecule has 0 N–H and O–H groups in total. The van der Waals surface area contributed by atoms with Crippen molar-refractivity contribution in [2.45, 2.75) is 62.9 Å². The lowest BCUT2D eigenvalue weighted by Gasteiger charge is -2.31. The minimum atomic E-state index is 0.127. The smallest absolute Gasteiger partial charge is 0.188 e. The Balaban J connectivity index is 1.23. The molecule has 0 amide bonds. The van der Waals surface area contributed by atoms with Crippen LogP contribution in [0.3, 0.4) is 0 Å². The zero-order valence-electron chi connectivity index (χ0n) is 19.5. The van der Waals surface area contributed by atoms with E-state index in [-0.39, 0.29) is 17.1 Å². The minimum absolute atomic E-state index is 0.127. The summed E-state index contributed by atoms with van der Waals surface area (Å²) >= 11 is 0. The molecule has 0 radical (unpaired) electrons. The number of aromatic nitrogens is 3. The summed E-state index contributed by atoms with van der Waals surface area (Å²) in [6.07, 6.45) is 14.3. The zero-order chi connectivity index (χ0) is 23.1. The molecule has 1 spiro atoms. The van der Waals surface area contributed by atoms with Gasteiger partial charge in [-0.1, -0.05) is 24.3 Å². The molecule has 1 aromatic carbocycles. The minimum Gasteiger partial charge on any atom is -0.373 e. The molecule has 34 heavy (non-hydrogen) atoms. The molecular formula is C29H29N3O2. The van der Waals surface area contributed by atoms with Crippen molar-refractivity contribution < 1.29 is 9.53 Å². The average Bonchev–Trinajstić information content (AvgIpc) is 3.82. The first-order chi connectivity index (χ1) is 16.6. The number of benzene rings is 1. The lowest BCUT2D eigenvalue weighted by Crippen LogP contribution is -2.24. The Hall–Kier alpha value is -3.18. The highest BCUT2D eigenvalue weighted by Gasteiger charge is 2.50. The molecule has 6 rings (SSSR count). The van der Waals surface area contributed by atoms with E-state index in [0.29, 0.717) is 6.10 Å². The van der Waals surface area contributed by atoms with Gasteiger partial charge < -0.3 is 4.74 Å². The van der Waals surface area contributed by atoms with Gasteiger partial charge in [0.1, 0.15) is 5.82 Å². The molecule has 0 bridgehead atoms. The standard InChI is InChI=1S/C29H29N3O2/c1-19(5-4-6-24-18-34-24)27(33)20-8-9-25-21(13-20)14-22(15-29(25)10-11-29)28-31-16-23(17-32-28)26-7-2-3-12-30-26/h2-3,5,7-9,12-13,16-17,22,24H,4,6,10-11,14-15,18H2,1H3/b19-5+. The van der Waals surface area contributed by atoms with Crippen LogP contribution in [-0.4, -0.2) is 33.4 Å². The zero-order valence-corrected chi connectivity index (χ0v) is 19.5. The Bertz CT molecular complexity index is 1240. The van der Waals surface area contributed by atoms with Crippen LogP contribution < -0.4 is 0 Å². The summed E-state index contributed by atoms with van der Waals surface area (Å²) in [6.45, 7) is 2.79. The molecule has 1 saturated heterocycles. The third-order valence-corrected chi connectivity index (χ3v) is 7.59. The van der Waals surface area contributed by atoms with Crippen LogP contribution in [0.4, 0.5) is 0 Å². The van der Waals surface area contributed by atoms with E-state index in [0.717, 1.165) is 60.5 Å². The van der Waals surface area contributed by atoms with E-state index < -0.39 is 0 Å². The fourth-order valence-corrected chi connectivity index (χ4v) is 5.40. The molecule has 2 fully saturated rings. The van der Waals surface area contributed by atoms with E-state index in [2.05, 4.69) is 23.2 Å². The van der Waals surface area contributed by atoms with Crippen molar-refractivity contribution in [3.8, 4) is 11.3 Å². The Morgan fingerprint density at radius 2 is 1.97 bits per heavy atom. The van der Waals surface area contributed by atoms with Gasteiger partial charge in [0.25, 0.3) is 0 Å². The second-order valence-electron chi connectivity index (χ2n) is 10.1. The predicted octanol–water partition coefficient (Wildman–Crippen LogP) is 5.61. The fraction of sp³-hybridized carbons (Fsp3) is 0.379. The third kappa shape index (κ3) is 4.21. The molecule has 5 heteroatoms. The average molecular weight is 452 g/mol. The Labute approximate surface area is 200 Å². The number of rotatable bonds is 7. The van der Waals surface area contributed by atoms with Gasteiger partial charge in [0.2, 0.25) is 0 Å². The number of hydrogen-bond donors (Lipinski definition) is 0. The van der Waals surface area contributed by atoms with Crippen LogP contribution in [0.15, 0.2) is 66.6 Å². The maximum Gasteiger partial charge on any atom is 0.188 e. The highest BCUT2D eigenvalue weighted by Crippen LogP contribution is 2.58. The third-order valence-electron chi connectivity index (χ3n) is 7.59. The largest absolute Gasteiger partial charge is 0.373 e. The first-order valence-corrected chi connectivity index (χ1v) is 12.3. The molecule has 1 aliphatic heterocycles. The number of allylic oxidation sites excluding steroid dienone is 2. The SMILES string of the molecule is C/C(=C\CCC1CO1)C(=O)c1ccc2c(c1)CC(c1ncc(-c3ccccn3)cn1)CC21CC1. The molecule has 2 atom stereocenters. The van der Waals surface area contributed by atoms with Crippen molar-refractivity contribution in [3.63, 3.8) is 0 Å². The van der Waals surface area contributed by atoms with Gasteiger partial charge in [-0.2, -0.15) is 0 Å². The van der Waals surface area contributed by atoms with Crippen LogP contribution in [0.1, 0.15) is 72.3 Å². The molecule has 2 aliphatic carbocycles. The van der Waals surface area contributed by atoms with Crippen LogP contribution >= 0.6 is 0 Å². The van der Waals surface area contributed by atoms with Crippen molar-refractivity contribution in [3.05, 3.63) is 89.2 Å². The Kier molecular flexibility index (Phi) is 5.37. The number of Topliss-reactive ketones (excluding diaryl/α,β-unsaturated/α-hetero) is 1. The Morgan fingerprint density at radius 1 is 1.15 bits per heavy atom. The number of pyridine rings is 1. The highest BCUT2D eigenvalue weighted by atomic mass is 16.6. The number of fused-ring (bicyclic) bond motifs is 2. The van der Waals surface area contributed by atoms with E-state index in [1.165, 1.54) is 24.0 Å². The number of ketones is 1. The predicted molar refractivity (Wildman–Crippen MR) is 131 cm³/mol. The molecule has 3 aliphatic rings. The van der Waals surface area contributed by atoms with Crippen LogP contribution in [0.5, 0.6) is 0 Å². The van der Waals surface area contributed by atoms with Gasteiger partial charge in [0.05, 0.1) is 18.4 Å². The van der Waals surface area contributed by atoms with Crippen LogP contribution in [0.25, 0.3) is 11.3 Å². The molecule has 3 heterocycles.